The summed E-state index contributed by atoms with van der Waals surface area (Å²) in [5, 5.41) is 17.4. The first kappa shape index (κ1) is 11.1. The van der Waals surface area contributed by atoms with Crippen molar-refractivity contribution in [3.63, 3.8) is 0 Å². The van der Waals surface area contributed by atoms with Crippen molar-refractivity contribution in [1.29, 1.82) is 0 Å². The van der Waals surface area contributed by atoms with Crippen LogP contribution in [0.1, 0.15) is 10.5 Å². The Balaban J connectivity index is 2.71. The summed E-state index contributed by atoms with van der Waals surface area (Å²) >= 11 is 0. The molecule has 8 nitrogen and oxygen atoms in total. The van der Waals surface area contributed by atoms with Gasteiger partial charge < -0.3 is 15.8 Å². The molecule has 0 aliphatic heterocycles. The molecule has 0 atom stereocenters. The molecule has 0 unspecified atom stereocenters. The van der Waals surface area contributed by atoms with Gasteiger partial charge in [-0.15, -0.1) is 5.11 Å². The number of hydrogen-bond donors (Lipinski definition) is 3. The molecule has 1 heterocycles. The molecule has 0 radical (unpaired) electrons. The van der Waals surface area contributed by atoms with Crippen LogP contribution in [0.4, 0.5) is 5.82 Å². The van der Waals surface area contributed by atoms with Crippen LogP contribution < -0.4 is 5.73 Å². The molecule has 0 aliphatic carbocycles. The number of hydrogen-bond acceptors (Lipinski definition) is 5. The number of carbonyl (C=O) groups excluding carboxylic acids is 1. The smallest absolute Gasteiger partial charge is 0.269 e. The molecular formula is C7H12N6O2. The number of aliphatic hydroxyl groups is 1. The fraction of sp³-hybridized carbons (Fsp3) is 0.429. The number of carbonyl (C=O) groups is 1. The maximum atomic E-state index is 10.8. The van der Waals surface area contributed by atoms with Crippen molar-refractivity contribution in [2.75, 3.05) is 20.2 Å². The Bertz CT molecular complexity index is 360. The normalized spacial score (nSPS) is 10.8. The number of aliphatic hydroxyl groups excluding tert-OH is 1. The Morgan fingerprint density at radius 2 is 2.53 bits per heavy atom. The van der Waals surface area contributed by atoms with E-state index in [4.69, 9.17) is 10.8 Å². The molecular weight excluding hydrogens is 200 g/mol. The zero-order chi connectivity index (χ0) is 11.3. The summed E-state index contributed by atoms with van der Waals surface area (Å²) in [5.41, 5.74) is 5.17. The van der Waals surface area contributed by atoms with Gasteiger partial charge in [0.05, 0.1) is 19.5 Å². The number of aromatic amines is 1. The summed E-state index contributed by atoms with van der Waals surface area (Å²) < 4.78 is 0. The molecule has 1 aromatic heterocycles. The van der Waals surface area contributed by atoms with Gasteiger partial charge in [0.1, 0.15) is 0 Å². The van der Waals surface area contributed by atoms with Gasteiger partial charge in [0.15, 0.2) is 5.69 Å². The van der Waals surface area contributed by atoms with Crippen molar-refractivity contribution in [2.24, 2.45) is 16.1 Å². The first-order chi connectivity index (χ1) is 7.15. The van der Waals surface area contributed by atoms with E-state index >= 15 is 0 Å². The van der Waals surface area contributed by atoms with Crippen LogP contribution in [-0.2, 0) is 0 Å². The predicted octanol–water partition coefficient (Wildman–Crippen LogP) is -0.569. The van der Waals surface area contributed by atoms with Crippen molar-refractivity contribution in [2.45, 2.75) is 0 Å². The molecule has 8 heteroatoms. The first-order valence-corrected chi connectivity index (χ1v) is 4.22. The highest BCUT2D eigenvalue weighted by Gasteiger charge is 2.09. The highest BCUT2D eigenvalue weighted by molar-refractivity contribution is 5.94. The lowest BCUT2D eigenvalue weighted by Crippen LogP contribution is -2.15. The Hall–Kier alpha value is -1.96. The summed E-state index contributed by atoms with van der Waals surface area (Å²) in [6, 6.07) is 0. The minimum absolute atomic E-state index is 0.0290. The summed E-state index contributed by atoms with van der Waals surface area (Å²) in [7, 11) is 1.64. The lowest BCUT2D eigenvalue weighted by Gasteiger charge is -2.07. The van der Waals surface area contributed by atoms with Crippen molar-refractivity contribution >= 4 is 11.7 Å². The zero-order valence-electron chi connectivity index (χ0n) is 8.21. The second-order valence-corrected chi connectivity index (χ2v) is 2.76. The Kier molecular flexibility index (Phi) is 3.75. The van der Waals surface area contributed by atoms with Crippen LogP contribution in [0.25, 0.3) is 0 Å². The third kappa shape index (κ3) is 3.02. The number of imidazole rings is 1. The van der Waals surface area contributed by atoms with Crippen LogP contribution in [0.5, 0.6) is 0 Å². The van der Waals surface area contributed by atoms with E-state index in [1.54, 1.807) is 7.05 Å². The highest BCUT2D eigenvalue weighted by atomic mass is 16.3. The number of primary amides is 1. The Morgan fingerprint density at radius 3 is 3.13 bits per heavy atom. The van der Waals surface area contributed by atoms with E-state index in [9.17, 15) is 4.79 Å². The fourth-order valence-corrected chi connectivity index (χ4v) is 0.852. The minimum atomic E-state index is -0.647. The van der Waals surface area contributed by atoms with Crippen LogP contribution >= 0.6 is 0 Å². The maximum absolute atomic E-state index is 10.8. The number of aromatic nitrogens is 2. The average molecular weight is 212 g/mol. The van der Waals surface area contributed by atoms with Crippen LogP contribution in [0.3, 0.4) is 0 Å². The van der Waals surface area contributed by atoms with Gasteiger partial charge >= 0.3 is 0 Å². The SMILES string of the molecule is CN(CCO)N=Nc1nc[nH]c1C(N)=O. The van der Waals surface area contributed by atoms with E-state index in [0.29, 0.717) is 6.54 Å². The van der Waals surface area contributed by atoms with Crippen molar-refractivity contribution in [3.05, 3.63) is 12.0 Å². The van der Waals surface area contributed by atoms with Gasteiger partial charge in [-0.3, -0.25) is 9.80 Å². The van der Waals surface area contributed by atoms with Crippen LogP contribution in [0, 0.1) is 0 Å². The van der Waals surface area contributed by atoms with Crippen molar-refractivity contribution < 1.29 is 9.90 Å². The van der Waals surface area contributed by atoms with Gasteiger partial charge in [0, 0.05) is 7.05 Å². The molecule has 15 heavy (non-hydrogen) atoms. The summed E-state index contributed by atoms with van der Waals surface area (Å²) in [5.74, 6) is -0.515. The molecule has 0 spiro atoms. The molecule has 1 aromatic rings. The number of H-pyrrole nitrogens is 1. The number of rotatable bonds is 5. The molecule has 0 saturated carbocycles. The van der Waals surface area contributed by atoms with E-state index in [1.165, 1.54) is 11.3 Å². The molecule has 82 valence electrons. The van der Waals surface area contributed by atoms with E-state index < -0.39 is 5.91 Å². The predicted molar refractivity (Wildman–Crippen MR) is 51.3 cm³/mol. The van der Waals surface area contributed by atoms with Crippen molar-refractivity contribution in [3.8, 4) is 0 Å². The third-order valence-electron chi connectivity index (χ3n) is 1.58. The fourth-order valence-electron chi connectivity index (χ4n) is 0.852. The Morgan fingerprint density at radius 1 is 1.80 bits per heavy atom. The number of likely N-dealkylation sites (N-methyl/N-ethyl adjacent to an activating group) is 1. The van der Waals surface area contributed by atoms with E-state index in [0.717, 1.165) is 0 Å². The van der Waals surface area contributed by atoms with Gasteiger partial charge in [-0.2, -0.15) is 0 Å². The first-order valence-electron chi connectivity index (χ1n) is 4.22. The lowest BCUT2D eigenvalue weighted by molar-refractivity contribution is 0.0996. The van der Waals surface area contributed by atoms with E-state index in [2.05, 4.69) is 20.3 Å². The monoisotopic (exact) mass is 212 g/mol. The number of nitrogens with zero attached hydrogens (tertiary/aromatic N) is 4. The topological polar surface area (TPSA) is 120 Å². The third-order valence-corrected chi connectivity index (χ3v) is 1.58. The van der Waals surface area contributed by atoms with Gasteiger partial charge in [0.25, 0.3) is 5.91 Å². The standard InChI is InChI=1S/C7H12N6O2/c1-13(2-3-14)12-11-7-5(6(8)15)9-4-10-7/h4,14H,2-3H2,1H3,(H2,8,15)(H,9,10). The van der Waals surface area contributed by atoms with Gasteiger partial charge in [-0.05, 0) is 0 Å². The van der Waals surface area contributed by atoms with Crippen molar-refractivity contribution in [1.82, 2.24) is 15.0 Å². The van der Waals surface area contributed by atoms with Crippen LogP contribution in [0.2, 0.25) is 0 Å². The molecule has 0 aliphatic rings. The molecule has 0 saturated heterocycles. The summed E-state index contributed by atoms with van der Waals surface area (Å²) in [6.07, 6.45) is 1.31. The summed E-state index contributed by atoms with van der Waals surface area (Å²) in [4.78, 5) is 17.2. The quantitative estimate of drug-likeness (QED) is 0.447. The molecule has 0 aromatic carbocycles. The van der Waals surface area contributed by atoms with E-state index in [-0.39, 0.29) is 18.1 Å². The minimum Gasteiger partial charge on any atom is -0.394 e. The molecule has 1 amide bonds. The average Bonchev–Trinajstić information content (AvgIpc) is 2.63. The molecule has 0 fully saturated rings. The van der Waals surface area contributed by atoms with Gasteiger partial charge in [-0.25, -0.2) is 4.98 Å². The lowest BCUT2D eigenvalue weighted by atomic mass is 10.4. The van der Waals surface area contributed by atoms with Crippen LogP contribution in [0.15, 0.2) is 16.7 Å². The Labute approximate surface area is 85.8 Å². The number of amides is 1. The molecule has 1 rings (SSSR count). The zero-order valence-corrected chi connectivity index (χ0v) is 8.21. The second kappa shape index (κ2) is 5.05. The molecule has 0 bridgehead atoms. The van der Waals surface area contributed by atoms with Crippen LogP contribution in [-0.4, -0.2) is 46.2 Å². The highest BCUT2D eigenvalue weighted by Crippen LogP contribution is 2.13. The second-order valence-electron chi connectivity index (χ2n) is 2.76. The number of nitrogens with two attached hydrogens (primary N) is 1. The molecule has 4 N–H and O–H groups in total. The largest absolute Gasteiger partial charge is 0.394 e. The summed E-state index contributed by atoms with van der Waals surface area (Å²) in [6.45, 7) is 0.318. The van der Waals surface area contributed by atoms with E-state index in [1.807, 2.05) is 0 Å². The van der Waals surface area contributed by atoms with Gasteiger partial charge in [-0.1, -0.05) is 5.22 Å². The number of nitrogens with one attached hydrogen (secondary N) is 1. The maximum Gasteiger partial charge on any atom is 0.269 e. The van der Waals surface area contributed by atoms with Gasteiger partial charge in [0.2, 0.25) is 5.82 Å².